The summed E-state index contributed by atoms with van der Waals surface area (Å²) >= 11 is 0. The topological polar surface area (TPSA) is 93.5 Å². The van der Waals surface area contributed by atoms with Gasteiger partial charge >= 0.3 is 0 Å². The standard InChI is InChI=1S/C12H16N6/c1-3-9-16-10(4-2)18(17-9)11-7-8(12(13)14)5-6-15-11/h5-7H,3-4H2,1-2H3,(H3,13,14). The molecule has 0 aliphatic heterocycles. The van der Waals surface area contributed by atoms with Crippen molar-refractivity contribution in [3.05, 3.63) is 35.5 Å². The summed E-state index contributed by atoms with van der Waals surface area (Å²) in [6.07, 6.45) is 3.18. The maximum absolute atomic E-state index is 7.44. The summed E-state index contributed by atoms with van der Waals surface area (Å²) in [5, 5.41) is 11.8. The van der Waals surface area contributed by atoms with Crippen LogP contribution in [0.3, 0.4) is 0 Å². The molecule has 0 unspecified atom stereocenters. The van der Waals surface area contributed by atoms with Gasteiger partial charge < -0.3 is 5.73 Å². The molecule has 2 aromatic heterocycles. The average molecular weight is 244 g/mol. The zero-order chi connectivity index (χ0) is 13.1. The van der Waals surface area contributed by atoms with Crippen LogP contribution in [0.4, 0.5) is 0 Å². The van der Waals surface area contributed by atoms with Crippen LogP contribution in [0.5, 0.6) is 0 Å². The molecule has 0 saturated heterocycles. The molecule has 0 amide bonds. The predicted molar refractivity (Wildman–Crippen MR) is 68.9 cm³/mol. The lowest BCUT2D eigenvalue weighted by molar-refractivity contribution is 0.769. The van der Waals surface area contributed by atoms with E-state index in [1.807, 2.05) is 13.8 Å². The second-order valence-electron chi connectivity index (χ2n) is 3.88. The molecule has 2 rings (SSSR count). The number of rotatable bonds is 4. The number of aryl methyl sites for hydroxylation is 2. The van der Waals surface area contributed by atoms with Gasteiger partial charge in [-0.2, -0.15) is 4.68 Å². The number of nitrogen functional groups attached to an aromatic ring is 1. The van der Waals surface area contributed by atoms with Gasteiger partial charge in [0.15, 0.2) is 11.6 Å². The number of aromatic nitrogens is 4. The summed E-state index contributed by atoms with van der Waals surface area (Å²) in [4.78, 5) is 8.68. The van der Waals surface area contributed by atoms with E-state index in [1.54, 1.807) is 23.0 Å². The van der Waals surface area contributed by atoms with Gasteiger partial charge in [-0.3, -0.25) is 5.41 Å². The Hall–Kier alpha value is -2.24. The Labute approximate surface area is 105 Å². The van der Waals surface area contributed by atoms with Crippen LogP contribution in [-0.4, -0.2) is 25.6 Å². The molecule has 0 aliphatic carbocycles. The van der Waals surface area contributed by atoms with Crippen LogP contribution >= 0.6 is 0 Å². The first kappa shape index (κ1) is 12.2. The van der Waals surface area contributed by atoms with Crippen LogP contribution in [0.15, 0.2) is 18.3 Å². The summed E-state index contributed by atoms with van der Waals surface area (Å²) in [5.74, 6) is 2.32. The first-order chi connectivity index (χ1) is 8.65. The fourth-order valence-corrected chi connectivity index (χ4v) is 1.66. The molecule has 6 nitrogen and oxygen atoms in total. The minimum absolute atomic E-state index is 0.0209. The lowest BCUT2D eigenvalue weighted by Gasteiger charge is -2.05. The van der Waals surface area contributed by atoms with Crippen molar-refractivity contribution in [2.24, 2.45) is 5.73 Å². The van der Waals surface area contributed by atoms with E-state index in [1.165, 1.54) is 0 Å². The summed E-state index contributed by atoms with van der Waals surface area (Å²) < 4.78 is 1.71. The van der Waals surface area contributed by atoms with E-state index in [0.29, 0.717) is 11.4 Å². The zero-order valence-electron chi connectivity index (χ0n) is 10.5. The second kappa shape index (κ2) is 4.95. The minimum Gasteiger partial charge on any atom is -0.384 e. The van der Waals surface area contributed by atoms with Gasteiger partial charge in [-0.05, 0) is 12.1 Å². The zero-order valence-corrected chi connectivity index (χ0v) is 10.5. The van der Waals surface area contributed by atoms with Crippen molar-refractivity contribution >= 4 is 5.84 Å². The molecule has 6 heteroatoms. The maximum atomic E-state index is 7.44. The van der Waals surface area contributed by atoms with E-state index in [2.05, 4.69) is 15.1 Å². The first-order valence-electron chi connectivity index (χ1n) is 5.91. The molecule has 0 aromatic carbocycles. The Bertz CT molecular complexity index is 572. The molecule has 3 N–H and O–H groups in total. The highest BCUT2D eigenvalue weighted by molar-refractivity contribution is 5.95. The highest BCUT2D eigenvalue weighted by atomic mass is 15.4. The molecule has 0 fully saturated rings. The minimum atomic E-state index is 0.0209. The molecular formula is C12H16N6. The van der Waals surface area contributed by atoms with Crippen LogP contribution in [0.2, 0.25) is 0 Å². The molecule has 0 aliphatic rings. The van der Waals surface area contributed by atoms with E-state index in [9.17, 15) is 0 Å². The van der Waals surface area contributed by atoms with Crippen molar-refractivity contribution in [3.8, 4) is 5.82 Å². The number of amidine groups is 1. The number of nitrogens with one attached hydrogen (secondary N) is 1. The fourth-order valence-electron chi connectivity index (χ4n) is 1.66. The summed E-state index contributed by atoms with van der Waals surface area (Å²) in [5.41, 5.74) is 6.11. The molecule has 0 atom stereocenters. The number of hydrogen-bond acceptors (Lipinski definition) is 4. The molecule has 0 radical (unpaired) electrons. The quantitative estimate of drug-likeness (QED) is 0.621. The van der Waals surface area contributed by atoms with Crippen molar-refractivity contribution in [2.45, 2.75) is 26.7 Å². The molecule has 0 spiro atoms. The third kappa shape index (κ3) is 2.22. The van der Waals surface area contributed by atoms with Crippen molar-refractivity contribution in [2.75, 3.05) is 0 Å². The van der Waals surface area contributed by atoms with Gasteiger partial charge in [0.05, 0.1) is 0 Å². The van der Waals surface area contributed by atoms with Crippen LogP contribution in [0.25, 0.3) is 5.82 Å². The SMILES string of the molecule is CCc1nc(CC)n(-c2cc(C(=N)N)ccn2)n1. The van der Waals surface area contributed by atoms with Crippen molar-refractivity contribution in [1.29, 1.82) is 5.41 Å². The van der Waals surface area contributed by atoms with Gasteiger partial charge in [0.2, 0.25) is 0 Å². The Kier molecular flexibility index (Phi) is 3.36. The van der Waals surface area contributed by atoms with Crippen molar-refractivity contribution in [3.63, 3.8) is 0 Å². The summed E-state index contributed by atoms with van der Waals surface area (Å²) in [6, 6.07) is 3.45. The Balaban J connectivity index is 2.50. The third-order valence-electron chi connectivity index (χ3n) is 2.62. The van der Waals surface area contributed by atoms with Gasteiger partial charge in [0, 0.05) is 24.6 Å². The number of hydrogen-bond donors (Lipinski definition) is 2. The largest absolute Gasteiger partial charge is 0.384 e. The summed E-state index contributed by atoms with van der Waals surface area (Å²) in [7, 11) is 0. The third-order valence-corrected chi connectivity index (χ3v) is 2.62. The number of nitrogens with zero attached hydrogens (tertiary/aromatic N) is 4. The Morgan fingerprint density at radius 3 is 2.78 bits per heavy atom. The van der Waals surface area contributed by atoms with Gasteiger partial charge in [-0.15, -0.1) is 5.10 Å². The number of pyridine rings is 1. The fraction of sp³-hybridized carbons (Fsp3) is 0.333. The molecule has 18 heavy (non-hydrogen) atoms. The highest BCUT2D eigenvalue weighted by Crippen LogP contribution is 2.10. The molecule has 0 saturated carbocycles. The van der Waals surface area contributed by atoms with E-state index in [0.717, 1.165) is 24.5 Å². The van der Waals surface area contributed by atoms with Gasteiger partial charge in [-0.1, -0.05) is 13.8 Å². The normalized spacial score (nSPS) is 10.6. The van der Waals surface area contributed by atoms with E-state index in [-0.39, 0.29) is 5.84 Å². The van der Waals surface area contributed by atoms with Gasteiger partial charge in [0.1, 0.15) is 11.7 Å². The highest BCUT2D eigenvalue weighted by Gasteiger charge is 2.10. The predicted octanol–water partition coefficient (Wildman–Crippen LogP) is 1.07. The summed E-state index contributed by atoms with van der Waals surface area (Å²) in [6.45, 7) is 4.04. The average Bonchev–Trinajstić information content (AvgIpc) is 2.82. The van der Waals surface area contributed by atoms with Crippen molar-refractivity contribution in [1.82, 2.24) is 19.7 Å². The van der Waals surface area contributed by atoms with Crippen LogP contribution in [0, 0.1) is 5.41 Å². The Morgan fingerprint density at radius 2 is 2.17 bits per heavy atom. The molecular weight excluding hydrogens is 228 g/mol. The molecule has 94 valence electrons. The maximum Gasteiger partial charge on any atom is 0.156 e. The van der Waals surface area contributed by atoms with Crippen LogP contribution < -0.4 is 5.73 Å². The van der Waals surface area contributed by atoms with Gasteiger partial charge in [-0.25, -0.2) is 9.97 Å². The Morgan fingerprint density at radius 1 is 1.39 bits per heavy atom. The smallest absolute Gasteiger partial charge is 0.156 e. The molecule has 0 bridgehead atoms. The lowest BCUT2D eigenvalue weighted by atomic mass is 10.2. The number of nitrogens with two attached hydrogens (primary N) is 1. The van der Waals surface area contributed by atoms with Crippen molar-refractivity contribution < 1.29 is 0 Å². The van der Waals surface area contributed by atoms with E-state index < -0.39 is 0 Å². The first-order valence-corrected chi connectivity index (χ1v) is 5.91. The molecule has 2 aromatic rings. The van der Waals surface area contributed by atoms with Crippen LogP contribution in [-0.2, 0) is 12.8 Å². The lowest BCUT2D eigenvalue weighted by Crippen LogP contribution is -2.13. The van der Waals surface area contributed by atoms with E-state index in [4.69, 9.17) is 11.1 Å². The van der Waals surface area contributed by atoms with Gasteiger partial charge in [0.25, 0.3) is 0 Å². The second-order valence-corrected chi connectivity index (χ2v) is 3.88. The monoisotopic (exact) mass is 244 g/mol. The van der Waals surface area contributed by atoms with Crippen LogP contribution in [0.1, 0.15) is 31.1 Å². The van der Waals surface area contributed by atoms with E-state index >= 15 is 0 Å². The molecule has 2 heterocycles.